The van der Waals surface area contributed by atoms with E-state index in [-0.39, 0.29) is 0 Å². The van der Waals surface area contributed by atoms with Gasteiger partial charge in [0.05, 0.1) is 3.79 Å². The molecule has 0 spiro atoms. The van der Waals surface area contributed by atoms with Crippen LogP contribution in [0.4, 0.5) is 0 Å². The summed E-state index contributed by atoms with van der Waals surface area (Å²) < 4.78 is 1.10. The largest absolute Gasteiger partial charge is 0.307 e. The second kappa shape index (κ2) is 2.62. The van der Waals surface area contributed by atoms with Crippen molar-refractivity contribution in [2.75, 3.05) is 0 Å². The second-order valence-corrected chi connectivity index (χ2v) is 4.21. The smallest absolute Gasteiger partial charge is 0.0708 e. The predicted octanol–water partition coefficient (Wildman–Crippen LogP) is 2.82. The topological polar surface area (TPSA) is 23.9 Å². The van der Waals surface area contributed by atoms with Crippen LogP contribution in [0.2, 0.25) is 0 Å². The zero-order valence-electron chi connectivity index (χ0n) is 4.94. The van der Waals surface area contributed by atoms with Gasteiger partial charge in [-0.25, -0.2) is 0 Å². The van der Waals surface area contributed by atoms with Gasteiger partial charge in [-0.15, -0.1) is 11.3 Å². The van der Waals surface area contributed by atoms with Crippen LogP contribution in [0.5, 0.6) is 0 Å². The lowest BCUT2D eigenvalue weighted by atomic mass is 10.3. The normalized spacial score (nSPS) is 9.56. The van der Waals surface area contributed by atoms with Crippen LogP contribution in [0.3, 0.4) is 0 Å². The van der Waals surface area contributed by atoms with E-state index in [1.165, 1.54) is 11.8 Å². The first-order valence-electron chi connectivity index (χ1n) is 2.50. The van der Waals surface area contributed by atoms with E-state index in [9.17, 15) is 0 Å². The number of rotatable bonds is 1. The molecule has 3 heteroatoms. The van der Waals surface area contributed by atoms with E-state index in [0.29, 0.717) is 0 Å². The molecule has 48 valence electrons. The molecule has 0 radical (unpaired) electrons. The summed E-state index contributed by atoms with van der Waals surface area (Å²) in [5.74, 6) is 0. The maximum atomic E-state index is 6.96. The maximum absolute atomic E-state index is 6.96. The highest BCUT2D eigenvalue weighted by Crippen LogP contribution is 2.24. The Balaban J connectivity index is 3.15. The van der Waals surface area contributed by atoms with Gasteiger partial charge in [0, 0.05) is 11.1 Å². The minimum absolute atomic E-state index is 1.03. The molecule has 0 aliphatic rings. The van der Waals surface area contributed by atoms with Crippen molar-refractivity contribution in [2.24, 2.45) is 0 Å². The summed E-state index contributed by atoms with van der Waals surface area (Å²) in [6.07, 6.45) is 1.38. The molecule has 1 nitrogen and oxygen atoms in total. The molecule has 0 saturated heterocycles. The van der Waals surface area contributed by atoms with E-state index in [1.54, 1.807) is 11.3 Å². The highest BCUT2D eigenvalue weighted by atomic mass is 79.9. The highest BCUT2D eigenvalue weighted by Gasteiger charge is 1.98. The molecule has 0 saturated carbocycles. The van der Waals surface area contributed by atoms with Crippen molar-refractivity contribution in [2.45, 2.75) is 6.92 Å². The molecule has 0 atom stereocenters. The van der Waals surface area contributed by atoms with E-state index in [4.69, 9.17) is 5.41 Å². The van der Waals surface area contributed by atoms with Gasteiger partial charge in [-0.2, -0.15) is 0 Å². The fraction of sp³-hybridized carbons (Fsp3) is 0.167. The fourth-order valence-electron chi connectivity index (χ4n) is 0.600. The number of aryl methyl sites for hydroxylation is 1. The van der Waals surface area contributed by atoms with E-state index in [0.717, 1.165) is 8.66 Å². The van der Waals surface area contributed by atoms with Crippen LogP contribution in [0.15, 0.2) is 9.85 Å². The molecule has 1 N–H and O–H groups in total. The van der Waals surface area contributed by atoms with Crippen LogP contribution < -0.4 is 0 Å². The number of hydrogen-bond donors (Lipinski definition) is 1. The molecule has 0 unspecified atom stereocenters. The minimum atomic E-state index is 1.03. The Bertz CT molecular complexity index is 229. The first kappa shape index (κ1) is 6.96. The van der Waals surface area contributed by atoms with Crippen LogP contribution in [0.1, 0.15) is 10.4 Å². The van der Waals surface area contributed by atoms with Crippen LogP contribution in [0, 0.1) is 12.3 Å². The lowest BCUT2D eigenvalue weighted by Crippen LogP contribution is -1.72. The first-order valence-corrected chi connectivity index (χ1v) is 4.11. The number of halogens is 1. The van der Waals surface area contributed by atoms with Crippen molar-refractivity contribution in [3.8, 4) is 0 Å². The predicted molar refractivity (Wildman–Crippen MR) is 44.6 cm³/mol. The first-order chi connectivity index (χ1) is 4.24. The Labute approximate surface area is 66.4 Å². The molecule has 1 aromatic heterocycles. The lowest BCUT2D eigenvalue weighted by Gasteiger charge is -1.81. The van der Waals surface area contributed by atoms with Gasteiger partial charge in [0.1, 0.15) is 0 Å². The van der Waals surface area contributed by atoms with E-state index in [1.807, 2.05) is 13.0 Å². The van der Waals surface area contributed by atoms with Crippen LogP contribution in [-0.4, -0.2) is 6.21 Å². The lowest BCUT2D eigenvalue weighted by molar-refractivity contribution is 1.50. The van der Waals surface area contributed by atoms with Crippen molar-refractivity contribution < 1.29 is 0 Å². The quantitative estimate of drug-likeness (QED) is 0.680. The summed E-state index contributed by atoms with van der Waals surface area (Å²) in [7, 11) is 0. The number of thiophene rings is 1. The molecule has 1 heterocycles. The van der Waals surface area contributed by atoms with E-state index < -0.39 is 0 Å². The third-order valence-corrected chi connectivity index (χ3v) is 2.74. The summed E-state index contributed by atoms with van der Waals surface area (Å²) in [6, 6.07) is 2.02. The highest BCUT2D eigenvalue weighted by molar-refractivity contribution is 9.11. The zero-order valence-corrected chi connectivity index (χ0v) is 7.34. The van der Waals surface area contributed by atoms with Crippen molar-refractivity contribution in [3.05, 3.63) is 20.3 Å². The minimum Gasteiger partial charge on any atom is -0.307 e. The van der Waals surface area contributed by atoms with E-state index in [2.05, 4.69) is 15.9 Å². The van der Waals surface area contributed by atoms with Crippen molar-refractivity contribution in [3.63, 3.8) is 0 Å². The summed E-state index contributed by atoms with van der Waals surface area (Å²) in [4.78, 5) is 1.03. The van der Waals surface area contributed by atoms with Gasteiger partial charge in [0.25, 0.3) is 0 Å². The fourth-order valence-corrected chi connectivity index (χ4v) is 2.19. The molecule has 0 aromatic carbocycles. The van der Waals surface area contributed by atoms with Crippen molar-refractivity contribution in [1.82, 2.24) is 0 Å². The summed E-state index contributed by atoms with van der Waals surface area (Å²) >= 11 is 4.93. The van der Waals surface area contributed by atoms with Crippen LogP contribution in [0.25, 0.3) is 0 Å². The molecule has 0 aliphatic heterocycles. The van der Waals surface area contributed by atoms with Gasteiger partial charge in [-0.05, 0) is 34.5 Å². The number of hydrogen-bond acceptors (Lipinski definition) is 2. The van der Waals surface area contributed by atoms with Gasteiger partial charge >= 0.3 is 0 Å². The van der Waals surface area contributed by atoms with Gasteiger partial charge in [0.15, 0.2) is 0 Å². The second-order valence-electron chi connectivity index (χ2n) is 1.74. The van der Waals surface area contributed by atoms with Crippen molar-refractivity contribution in [1.29, 1.82) is 5.41 Å². The van der Waals surface area contributed by atoms with Gasteiger partial charge in [-0.3, -0.25) is 0 Å². The average Bonchev–Trinajstić information content (AvgIpc) is 2.10. The van der Waals surface area contributed by atoms with Crippen LogP contribution in [-0.2, 0) is 0 Å². The SMILES string of the molecule is Cc1cc(Br)sc1C=N. The number of nitrogens with one attached hydrogen (secondary N) is 1. The molecule has 1 aromatic rings. The Kier molecular flexibility index (Phi) is 2.03. The molecular formula is C6H6BrNS. The Hall–Kier alpha value is -0.150. The Morgan fingerprint density at radius 1 is 1.78 bits per heavy atom. The molecule has 0 amide bonds. The summed E-state index contributed by atoms with van der Waals surface area (Å²) in [5.41, 5.74) is 1.17. The summed E-state index contributed by atoms with van der Waals surface area (Å²) in [6.45, 7) is 2.00. The maximum Gasteiger partial charge on any atom is 0.0708 e. The van der Waals surface area contributed by atoms with Gasteiger partial charge in [0.2, 0.25) is 0 Å². The molecule has 9 heavy (non-hydrogen) atoms. The Morgan fingerprint density at radius 3 is 2.67 bits per heavy atom. The van der Waals surface area contributed by atoms with Gasteiger partial charge < -0.3 is 5.41 Å². The monoisotopic (exact) mass is 203 g/mol. The third kappa shape index (κ3) is 1.40. The molecule has 0 aliphatic carbocycles. The molecule has 0 fully saturated rings. The van der Waals surface area contributed by atoms with E-state index >= 15 is 0 Å². The molecule has 0 bridgehead atoms. The molecular weight excluding hydrogens is 198 g/mol. The zero-order chi connectivity index (χ0) is 6.85. The summed E-state index contributed by atoms with van der Waals surface area (Å²) in [5, 5.41) is 6.96. The Morgan fingerprint density at radius 2 is 2.44 bits per heavy atom. The third-order valence-electron chi connectivity index (χ3n) is 1.06. The average molecular weight is 204 g/mol. The standard InChI is InChI=1S/C6H6BrNS/c1-4-2-6(7)9-5(4)3-8/h2-3,8H,1H3. The molecule has 1 rings (SSSR count). The van der Waals surface area contributed by atoms with Gasteiger partial charge in [-0.1, -0.05) is 0 Å². The van der Waals surface area contributed by atoms with Crippen molar-refractivity contribution >= 4 is 33.5 Å². The van der Waals surface area contributed by atoms with Crippen LogP contribution >= 0.6 is 27.3 Å².